The lowest BCUT2D eigenvalue weighted by molar-refractivity contribution is -0.140. The van der Waals surface area contributed by atoms with Crippen LogP contribution in [0.3, 0.4) is 0 Å². The van der Waals surface area contributed by atoms with Crippen molar-refractivity contribution in [2.45, 2.75) is 91.6 Å². The van der Waals surface area contributed by atoms with E-state index in [0.29, 0.717) is 18.1 Å². The van der Waals surface area contributed by atoms with Gasteiger partial charge in [0.15, 0.2) is 0 Å². The predicted molar refractivity (Wildman–Crippen MR) is 149 cm³/mol. The van der Waals surface area contributed by atoms with Crippen molar-refractivity contribution in [3.05, 3.63) is 47.5 Å². The lowest BCUT2D eigenvalue weighted by Gasteiger charge is -2.43. The quantitative estimate of drug-likeness (QED) is 0.276. The van der Waals surface area contributed by atoms with Gasteiger partial charge in [-0.05, 0) is 63.1 Å². The van der Waals surface area contributed by atoms with E-state index in [2.05, 4.69) is 34.5 Å². The Morgan fingerprint density at radius 2 is 1.86 bits per heavy atom. The number of nitrogens with one attached hydrogen (secondary N) is 1. The van der Waals surface area contributed by atoms with Crippen molar-refractivity contribution < 1.29 is 19.4 Å². The molecule has 0 aromatic heterocycles. The number of piperidine rings is 1. The number of esters is 1. The van der Waals surface area contributed by atoms with E-state index >= 15 is 0 Å². The van der Waals surface area contributed by atoms with Gasteiger partial charge in [0.1, 0.15) is 6.23 Å². The Hall–Kier alpha value is -2.22. The SMILES string of the molecule is CCOC(=O)/C(C)=C/[C@H](C(C)C)N(C)C(=O)C(NC(O)[C@@H]1CC(c2ccccc2)CCN1C)C(C)(C)C. The van der Waals surface area contributed by atoms with Crippen LogP contribution in [0.4, 0.5) is 0 Å². The van der Waals surface area contributed by atoms with Crippen LogP contribution in [0.25, 0.3) is 0 Å². The number of hydrogen-bond acceptors (Lipinski definition) is 6. The predicted octanol–water partition coefficient (Wildman–Crippen LogP) is 4.18. The maximum absolute atomic E-state index is 13.9. The molecule has 37 heavy (non-hydrogen) atoms. The van der Waals surface area contributed by atoms with Crippen molar-refractivity contribution in [3.8, 4) is 0 Å². The molecule has 0 saturated carbocycles. The van der Waals surface area contributed by atoms with Crippen molar-refractivity contribution in [1.29, 1.82) is 0 Å². The zero-order valence-corrected chi connectivity index (χ0v) is 24.3. The summed E-state index contributed by atoms with van der Waals surface area (Å²) in [6.07, 6.45) is 2.80. The van der Waals surface area contributed by atoms with Crippen LogP contribution in [-0.4, -0.2) is 78.4 Å². The highest BCUT2D eigenvalue weighted by molar-refractivity contribution is 5.88. The number of aliphatic hydroxyl groups is 1. The summed E-state index contributed by atoms with van der Waals surface area (Å²) in [5, 5.41) is 14.7. The highest BCUT2D eigenvalue weighted by Crippen LogP contribution is 2.32. The third kappa shape index (κ3) is 8.39. The number of carbonyl (C=O) groups excluding carboxylic acids is 2. The largest absolute Gasteiger partial charge is 0.463 e. The molecule has 5 atom stereocenters. The van der Waals surface area contributed by atoms with Gasteiger partial charge >= 0.3 is 5.97 Å². The minimum Gasteiger partial charge on any atom is -0.463 e. The molecule has 1 fully saturated rings. The molecule has 0 aliphatic carbocycles. The summed E-state index contributed by atoms with van der Waals surface area (Å²) in [6.45, 7) is 14.7. The second-order valence-electron chi connectivity index (χ2n) is 11.8. The van der Waals surface area contributed by atoms with Gasteiger partial charge in [-0.3, -0.25) is 15.0 Å². The first-order chi connectivity index (χ1) is 17.3. The molecule has 3 unspecified atom stereocenters. The molecular weight excluding hydrogens is 466 g/mol. The highest BCUT2D eigenvalue weighted by atomic mass is 16.5. The van der Waals surface area contributed by atoms with E-state index in [1.54, 1.807) is 25.8 Å². The Morgan fingerprint density at radius 3 is 2.41 bits per heavy atom. The average molecular weight is 516 g/mol. The first kappa shape index (κ1) is 31.0. The molecule has 1 aromatic carbocycles. The van der Waals surface area contributed by atoms with E-state index in [4.69, 9.17) is 4.74 Å². The van der Waals surface area contributed by atoms with Crippen molar-refractivity contribution in [3.63, 3.8) is 0 Å². The van der Waals surface area contributed by atoms with Gasteiger partial charge in [-0.2, -0.15) is 0 Å². The molecule has 1 saturated heterocycles. The van der Waals surface area contributed by atoms with Crippen LogP contribution < -0.4 is 5.32 Å². The molecule has 1 aliphatic rings. The Morgan fingerprint density at radius 1 is 1.24 bits per heavy atom. The van der Waals surface area contributed by atoms with Crippen LogP contribution in [0.15, 0.2) is 42.0 Å². The summed E-state index contributed by atoms with van der Waals surface area (Å²) < 4.78 is 5.14. The fourth-order valence-corrected chi connectivity index (χ4v) is 5.16. The Labute approximate surface area is 224 Å². The normalized spacial score (nSPS) is 21.9. The summed E-state index contributed by atoms with van der Waals surface area (Å²) in [7, 11) is 3.81. The van der Waals surface area contributed by atoms with E-state index < -0.39 is 17.7 Å². The van der Waals surface area contributed by atoms with E-state index in [1.165, 1.54) is 5.56 Å². The zero-order valence-electron chi connectivity index (χ0n) is 24.3. The van der Waals surface area contributed by atoms with Gasteiger partial charge in [0, 0.05) is 18.7 Å². The Bertz CT molecular complexity index is 909. The highest BCUT2D eigenvalue weighted by Gasteiger charge is 2.40. The average Bonchev–Trinajstić information content (AvgIpc) is 2.84. The molecule has 0 radical (unpaired) electrons. The van der Waals surface area contributed by atoms with Gasteiger partial charge in [0.05, 0.1) is 18.7 Å². The molecule has 7 nitrogen and oxygen atoms in total. The van der Waals surface area contributed by atoms with E-state index in [9.17, 15) is 14.7 Å². The number of rotatable bonds is 10. The first-order valence-electron chi connectivity index (χ1n) is 13.6. The molecule has 1 aliphatic heterocycles. The van der Waals surface area contributed by atoms with Crippen LogP contribution >= 0.6 is 0 Å². The number of carbonyl (C=O) groups is 2. The minimum absolute atomic E-state index is 0.0833. The number of nitrogens with zero attached hydrogens (tertiary/aromatic N) is 2. The third-order valence-electron chi connectivity index (χ3n) is 7.50. The van der Waals surface area contributed by atoms with Gasteiger partial charge in [0.2, 0.25) is 5.91 Å². The number of amides is 1. The van der Waals surface area contributed by atoms with Crippen LogP contribution in [0, 0.1) is 11.3 Å². The summed E-state index contributed by atoms with van der Waals surface area (Å²) in [5.41, 5.74) is 1.33. The third-order valence-corrected chi connectivity index (χ3v) is 7.50. The van der Waals surface area contributed by atoms with Crippen molar-refractivity contribution in [1.82, 2.24) is 15.1 Å². The van der Waals surface area contributed by atoms with Gasteiger partial charge in [0.25, 0.3) is 0 Å². The summed E-state index contributed by atoms with van der Waals surface area (Å²) in [5.74, 6) is -0.0361. The summed E-state index contributed by atoms with van der Waals surface area (Å²) in [6, 6.07) is 9.43. The number of hydrogen-bond donors (Lipinski definition) is 2. The first-order valence-corrected chi connectivity index (χ1v) is 13.6. The van der Waals surface area contributed by atoms with Crippen LogP contribution in [-0.2, 0) is 14.3 Å². The Kier molecular flexibility index (Phi) is 11.3. The van der Waals surface area contributed by atoms with Gasteiger partial charge in [-0.15, -0.1) is 0 Å². The number of aliphatic hydroxyl groups excluding tert-OH is 1. The van der Waals surface area contributed by atoms with E-state index in [0.717, 1.165) is 19.4 Å². The number of ether oxygens (including phenoxy) is 1. The standard InChI is InChI=1S/C30H49N3O4/c1-10-37-29(36)21(4)18-24(20(2)3)33(9)28(35)26(30(5,6)7)31-27(34)25-19-23(16-17-32(25)8)22-14-12-11-13-15-22/h11-15,18,20,23-27,31,34H,10,16-17,19H2,1-9H3/b21-18+/t23?,24-,25+,26?,27?/m1/s1. The topological polar surface area (TPSA) is 82.1 Å². The molecule has 1 aromatic rings. The van der Waals surface area contributed by atoms with Gasteiger partial charge in [-0.25, -0.2) is 4.79 Å². The van der Waals surface area contributed by atoms with Crippen molar-refractivity contribution >= 4 is 11.9 Å². The molecule has 7 heteroatoms. The molecule has 0 spiro atoms. The monoisotopic (exact) mass is 515 g/mol. The van der Waals surface area contributed by atoms with Crippen molar-refractivity contribution in [2.75, 3.05) is 27.2 Å². The number of likely N-dealkylation sites (N-methyl/N-ethyl adjacent to an activating group) is 2. The van der Waals surface area contributed by atoms with Gasteiger partial charge in [-0.1, -0.05) is 71.0 Å². The molecule has 2 rings (SSSR count). The smallest absolute Gasteiger partial charge is 0.333 e. The fourth-order valence-electron chi connectivity index (χ4n) is 5.16. The molecule has 1 amide bonds. The maximum atomic E-state index is 13.9. The second-order valence-corrected chi connectivity index (χ2v) is 11.8. The zero-order chi connectivity index (χ0) is 27.9. The lowest BCUT2D eigenvalue weighted by Crippen LogP contribution is -2.61. The molecule has 208 valence electrons. The maximum Gasteiger partial charge on any atom is 0.333 e. The second kappa shape index (κ2) is 13.5. The van der Waals surface area contributed by atoms with Crippen LogP contribution in [0.1, 0.15) is 72.8 Å². The lowest BCUT2D eigenvalue weighted by atomic mass is 9.83. The van der Waals surface area contributed by atoms with Crippen molar-refractivity contribution in [2.24, 2.45) is 11.3 Å². The molecule has 2 N–H and O–H groups in total. The van der Waals surface area contributed by atoms with E-state index in [-0.39, 0.29) is 29.9 Å². The summed E-state index contributed by atoms with van der Waals surface area (Å²) in [4.78, 5) is 30.0. The van der Waals surface area contributed by atoms with Gasteiger partial charge < -0.3 is 14.7 Å². The molecule has 1 heterocycles. The molecule has 0 bridgehead atoms. The fraction of sp³-hybridized carbons (Fsp3) is 0.667. The summed E-state index contributed by atoms with van der Waals surface area (Å²) >= 11 is 0. The molecular formula is C30H49N3O4. The van der Waals surface area contributed by atoms with Crippen LogP contribution in [0.2, 0.25) is 0 Å². The van der Waals surface area contributed by atoms with Crippen LogP contribution in [0.5, 0.6) is 0 Å². The number of benzene rings is 1. The van der Waals surface area contributed by atoms with E-state index in [1.807, 2.05) is 53.8 Å². The number of likely N-dealkylation sites (tertiary alicyclic amines) is 1. The Balaban J connectivity index is 2.24. The minimum atomic E-state index is -0.868.